The van der Waals surface area contributed by atoms with Gasteiger partial charge in [-0.3, -0.25) is 0 Å². The Morgan fingerprint density at radius 3 is 2.54 bits per heavy atom. The minimum absolute atomic E-state index is 0. The van der Waals surface area contributed by atoms with E-state index >= 15 is 0 Å². The first kappa shape index (κ1) is 21.6. The van der Waals surface area contributed by atoms with Crippen LogP contribution in [0.2, 0.25) is 0 Å². The van der Waals surface area contributed by atoms with Gasteiger partial charge < -0.3 is 15.4 Å². The number of thioether (sulfide) groups is 1. The number of ether oxygens (including phenoxy) is 1. The highest BCUT2D eigenvalue weighted by atomic mass is 127. The number of nitrogens with zero attached hydrogens (tertiary/aromatic N) is 1. The number of halogens is 1. The maximum Gasteiger partial charge on any atom is 0.191 e. The van der Waals surface area contributed by atoms with E-state index < -0.39 is 0 Å². The summed E-state index contributed by atoms with van der Waals surface area (Å²) in [7, 11) is 0. The van der Waals surface area contributed by atoms with Crippen molar-refractivity contribution in [3.63, 3.8) is 0 Å². The zero-order chi connectivity index (χ0) is 16.4. The summed E-state index contributed by atoms with van der Waals surface area (Å²) in [5.74, 6) is 0.913. The molecule has 0 amide bonds. The first-order valence-electron chi connectivity index (χ1n) is 8.47. The molecular formula is C18H30IN3OS. The van der Waals surface area contributed by atoms with Crippen LogP contribution < -0.4 is 10.6 Å². The fourth-order valence-corrected chi connectivity index (χ4v) is 3.40. The smallest absolute Gasteiger partial charge is 0.191 e. The SMILES string of the molecule is CCCNC(=NCc1ccccc1)NCC1(SC)CCOCC1.I. The van der Waals surface area contributed by atoms with Gasteiger partial charge in [-0.2, -0.15) is 11.8 Å². The van der Waals surface area contributed by atoms with Crippen LogP contribution in [-0.4, -0.2) is 43.3 Å². The summed E-state index contributed by atoms with van der Waals surface area (Å²) in [4.78, 5) is 4.74. The maximum absolute atomic E-state index is 5.52. The monoisotopic (exact) mass is 463 g/mol. The van der Waals surface area contributed by atoms with E-state index in [1.165, 1.54) is 5.56 Å². The third-order valence-electron chi connectivity index (χ3n) is 4.22. The minimum atomic E-state index is 0. The summed E-state index contributed by atoms with van der Waals surface area (Å²) in [5.41, 5.74) is 1.23. The molecule has 1 fully saturated rings. The van der Waals surface area contributed by atoms with Crippen LogP contribution in [-0.2, 0) is 11.3 Å². The van der Waals surface area contributed by atoms with Crippen molar-refractivity contribution < 1.29 is 4.74 Å². The minimum Gasteiger partial charge on any atom is -0.381 e. The van der Waals surface area contributed by atoms with Crippen LogP contribution in [0.4, 0.5) is 0 Å². The molecule has 1 heterocycles. The van der Waals surface area contributed by atoms with Crippen molar-refractivity contribution in [1.82, 2.24) is 10.6 Å². The largest absolute Gasteiger partial charge is 0.381 e. The van der Waals surface area contributed by atoms with Crippen LogP contribution in [0.25, 0.3) is 0 Å². The predicted molar refractivity (Wildman–Crippen MR) is 116 cm³/mol. The Hall–Kier alpha value is -0.470. The number of hydrogen-bond donors (Lipinski definition) is 2. The van der Waals surface area contributed by atoms with Crippen LogP contribution >= 0.6 is 35.7 Å². The van der Waals surface area contributed by atoms with E-state index in [9.17, 15) is 0 Å². The van der Waals surface area contributed by atoms with Gasteiger partial charge in [-0.1, -0.05) is 37.3 Å². The third-order valence-corrected chi connectivity index (χ3v) is 5.64. The topological polar surface area (TPSA) is 45.7 Å². The van der Waals surface area contributed by atoms with Crippen molar-refractivity contribution >= 4 is 41.7 Å². The molecule has 1 aliphatic heterocycles. The number of hydrogen-bond acceptors (Lipinski definition) is 3. The van der Waals surface area contributed by atoms with Gasteiger partial charge in [0.15, 0.2) is 5.96 Å². The van der Waals surface area contributed by atoms with Crippen molar-refractivity contribution in [3.05, 3.63) is 35.9 Å². The van der Waals surface area contributed by atoms with Crippen molar-refractivity contribution in [2.45, 2.75) is 37.5 Å². The fourth-order valence-electron chi connectivity index (χ4n) is 2.61. The summed E-state index contributed by atoms with van der Waals surface area (Å²) < 4.78 is 5.78. The van der Waals surface area contributed by atoms with E-state index in [0.717, 1.165) is 51.5 Å². The van der Waals surface area contributed by atoms with Crippen molar-refractivity contribution in [2.24, 2.45) is 4.99 Å². The summed E-state index contributed by atoms with van der Waals surface area (Å²) in [6.45, 7) is 6.47. The molecule has 0 unspecified atom stereocenters. The summed E-state index contributed by atoms with van der Waals surface area (Å²) >= 11 is 1.95. The van der Waals surface area contributed by atoms with Gasteiger partial charge in [0.1, 0.15) is 0 Å². The van der Waals surface area contributed by atoms with Crippen LogP contribution in [0.5, 0.6) is 0 Å². The molecule has 24 heavy (non-hydrogen) atoms. The van der Waals surface area contributed by atoms with Crippen LogP contribution in [0.15, 0.2) is 35.3 Å². The van der Waals surface area contributed by atoms with E-state index in [4.69, 9.17) is 9.73 Å². The number of rotatable bonds is 7. The molecule has 0 aromatic heterocycles. The molecular weight excluding hydrogens is 433 g/mol. The Labute approximate surface area is 167 Å². The van der Waals surface area contributed by atoms with Crippen LogP contribution in [0.1, 0.15) is 31.7 Å². The molecule has 0 aliphatic carbocycles. The molecule has 136 valence electrons. The van der Waals surface area contributed by atoms with Crippen molar-refractivity contribution in [2.75, 3.05) is 32.6 Å². The zero-order valence-electron chi connectivity index (χ0n) is 14.7. The van der Waals surface area contributed by atoms with E-state index in [1.807, 2.05) is 17.8 Å². The number of nitrogens with one attached hydrogen (secondary N) is 2. The Bertz CT molecular complexity index is 478. The Balaban J connectivity index is 0.00000288. The average molecular weight is 463 g/mol. The second kappa shape index (κ2) is 12.0. The lowest BCUT2D eigenvalue weighted by atomic mass is 9.99. The first-order valence-corrected chi connectivity index (χ1v) is 9.69. The van der Waals surface area contributed by atoms with Crippen molar-refractivity contribution in [1.29, 1.82) is 0 Å². The van der Waals surface area contributed by atoms with E-state index in [-0.39, 0.29) is 28.7 Å². The summed E-state index contributed by atoms with van der Waals surface area (Å²) in [6.07, 6.45) is 5.49. The summed E-state index contributed by atoms with van der Waals surface area (Å²) in [6, 6.07) is 10.4. The maximum atomic E-state index is 5.52. The van der Waals surface area contributed by atoms with Gasteiger partial charge in [0.05, 0.1) is 6.54 Å². The Morgan fingerprint density at radius 1 is 1.21 bits per heavy atom. The molecule has 0 bridgehead atoms. The van der Waals surface area contributed by atoms with Gasteiger partial charge in [0.2, 0.25) is 0 Å². The Morgan fingerprint density at radius 2 is 1.92 bits per heavy atom. The van der Waals surface area contributed by atoms with E-state index in [1.54, 1.807) is 0 Å². The molecule has 0 radical (unpaired) electrons. The molecule has 1 aliphatic rings. The molecule has 2 N–H and O–H groups in total. The van der Waals surface area contributed by atoms with Gasteiger partial charge in [-0.25, -0.2) is 4.99 Å². The Kier molecular flexibility index (Phi) is 10.8. The standard InChI is InChI=1S/C18H29N3OS.HI/c1-3-11-19-17(20-14-16-7-5-4-6-8-16)21-15-18(23-2)9-12-22-13-10-18;/h4-8H,3,9-15H2,1-2H3,(H2,19,20,21);1H. The number of benzene rings is 1. The molecule has 0 spiro atoms. The van der Waals surface area contributed by atoms with Gasteiger partial charge in [-0.05, 0) is 31.1 Å². The first-order chi connectivity index (χ1) is 11.3. The molecule has 6 heteroatoms. The quantitative estimate of drug-likeness (QED) is 0.368. The molecule has 4 nitrogen and oxygen atoms in total. The molecule has 0 saturated carbocycles. The molecule has 1 aromatic carbocycles. The van der Waals surface area contributed by atoms with E-state index in [2.05, 4.69) is 48.1 Å². The number of aliphatic imine (C=N–C) groups is 1. The summed E-state index contributed by atoms with van der Waals surface area (Å²) in [5, 5.41) is 6.97. The van der Waals surface area contributed by atoms with Gasteiger partial charge in [0.25, 0.3) is 0 Å². The molecule has 2 rings (SSSR count). The highest BCUT2D eigenvalue weighted by Crippen LogP contribution is 2.32. The zero-order valence-corrected chi connectivity index (χ0v) is 17.9. The lowest BCUT2D eigenvalue weighted by Gasteiger charge is -2.36. The highest BCUT2D eigenvalue weighted by molar-refractivity contribution is 14.0. The average Bonchev–Trinajstić information content (AvgIpc) is 2.62. The second-order valence-corrected chi connectivity index (χ2v) is 7.20. The van der Waals surface area contributed by atoms with Gasteiger partial charge >= 0.3 is 0 Å². The third kappa shape index (κ3) is 7.19. The van der Waals surface area contributed by atoms with Gasteiger partial charge in [-0.15, -0.1) is 24.0 Å². The lowest BCUT2D eigenvalue weighted by molar-refractivity contribution is 0.0783. The second-order valence-electron chi connectivity index (χ2n) is 5.93. The fraction of sp³-hybridized carbons (Fsp3) is 0.611. The molecule has 1 saturated heterocycles. The predicted octanol–water partition coefficient (Wildman–Crippen LogP) is 3.66. The van der Waals surface area contributed by atoms with Crippen LogP contribution in [0.3, 0.4) is 0 Å². The number of guanidine groups is 1. The van der Waals surface area contributed by atoms with Crippen LogP contribution in [0, 0.1) is 0 Å². The normalized spacial score (nSPS) is 17.0. The molecule has 1 aromatic rings. The highest BCUT2D eigenvalue weighted by Gasteiger charge is 2.31. The lowest BCUT2D eigenvalue weighted by Crippen LogP contribution is -2.48. The molecule has 0 atom stereocenters. The van der Waals surface area contributed by atoms with E-state index in [0.29, 0.717) is 6.54 Å². The van der Waals surface area contributed by atoms with Crippen molar-refractivity contribution in [3.8, 4) is 0 Å². The van der Waals surface area contributed by atoms with Gasteiger partial charge in [0, 0.05) is 31.1 Å².